The van der Waals surface area contributed by atoms with Crippen LogP contribution in [0.3, 0.4) is 0 Å². The van der Waals surface area contributed by atoms with E-state index in [1.165, 1.54) is 6.92 Å². The molecular formula is C18H14ClNO3. The van der Waals surface area contributed by atoms with Crippen LogP contribution in [0.25, 0.3) is 22.0 Å². The summed E-state index contributed by atoms with van der Waals surface area (Å²) in [4.78, 5) is 26.7. The fraction of sp³-hybridized carbons (Fsp3) is 0.111. The van der Waals surface area contributed by atoms with Gasteiger partial charge in [0.1, 0.15) is 12.4 Å². The van der Waals surface area contributed by atoms with Crippen molar-refractivity contribution < 1.29 is 9.53 Å². The number of nitrogens with one attached hydrogen (secondary N) is 1. The minimum Gasteiger partial charge on any atom is -0.484 e. The molecule has 0 saturated heterocycles. The van der Waals surface area contributed by atoms with E-state index in [1.54, 1.807) is 18.2 Å². The molecule has 3 rings (SSSR count). The Morgan fingerprint density at radius 3 is 2.61 bits per heavy atom. The molecule has 0 atom stereocenters. The number of carbonyl (C=O) groups excluding carboxylic acids is 1. The van der Waals surface area contributed by atoms with E-state index in [0.29, 0.717) is 27.2 Å². The lowest BCUT2D eigenvalue weighted by atomic mass is 10.0. The lowest BCUT2D eigenvalue weighted by Gasteiger charge is -2.13. The zero-order chi connectivity index (χ0) is 16.4. The van der Waals surface area contributed by atoms with Crippen molar-refractivity contribution in [1.29, 1.82) is 0 Å². The lowest BCUT2D eigenvalue weighted by molar-refractivity contribution is -0.118. The number of ether oxygens (including phenoxy) is 1. The summed E-state index contributed by atoms with van der Waals surface area (Å²) in [5.74, 6) is 0.272. The summed E-state index contributed by atoms with van der Waals surface area (Å²) in [7, 11) is 0. The van der Waals surface area contributed by atoms with Gasteiger partial charge in [-0.05, 0) is 30.7 Å². The van der Waals surface area contributed by atoms with Crippen molar-refractivity contribution in [2.75, 3.05) is 6.61 Å². The molecule has 5 heteroatoms. The normalized spacial score (nSPS) is 10.7. The molecule has 0 spiro atoms. The fourth-order valence-corrected chi connectivity index (χ4v) is 2.60. The standard InChI is InChI=1S/C18H14ClNO3/c1-11(21)10-23-17-14-8-7-13(19)9-15(14)20-18(22)16(17)12-5-3-2-4-6-12/h2-9H,10H2,1H3,(H,20,22). The minimum absolute atomic E-state index is 0.0962. The Hall–Kier alpha value is -2.59. The maximum atomic E-state index is 12.5. The molecule has 3 aromatic rings. The van der Waals surface area contributed by atoms with E-state index in [9.17, 15) is 9.59 Å². The quantitative estimate of drug-likeness (QED) is 0.792. The minimum atomic E-state index is -0.287. The molecule has 116 valence electrons. The van der Waals surface area contributed by atoms with E-state index in [0.717, 1.165) is 5.56 Å². The van der Waals surface area contributed by atoms with Gasteiger partial charge in [0, 0.05) is 10.4 Å². The molecule has 0 fully saturated rings. The van der Waals surface area contributed by atoms with Gasteiger partial charge in [0.05, 0.1) is 11.1 Å². The summed E-state index contributed by atoms with van der Waals surface area (Å²) in [5.41, 5.74) is 1.41. The lowest BCUT2D eigenvalue weighted by Crippen LogP contribution is -2.14. The number of pyridine rings is 1. The van der Waals surface area contributed by atoms with Crippen molar-refractivity contribution in [2.45, 2.75) is 6.92 Å². The van der Waals surface area contributed by atoms with Crippen LogP contribution in [0, 0.1) is 0 Å². The third kappa shape index (κ3) is 3.12. The van der Waals surface area contributed by atoms with Crippen LogP contribution >= 0.6 is 11.6 Å². The molecule has 0 aliphatic heterocycles. The largest absolute Gasteiger partial charge is 0.484 e. The highest BCUT2D eigenvalue weighted by Crippen LogP contribution is 2.34. The number of Topliss-reactive ketones (excluding diaryl/α,β-unsaturated/α-hetero) is 1. The fourth-order valence-electron chi connectivity index (χ4n) is 2.43. The molecular weight excluding hydrogens is 314 g/mol. The van der Waals surface area contributed by atoms with E-state index in [2.05, 4.69) is 4.98 Å². The van der Waals surface area contributed by atoms with E-state index < -0.39 is 0 Å². The molecule has 23 heavy (non-hydrogen) atoms. The molecule has 1 N–H and O–H groups in total. The van der Waals surface area contributed by atoms with Gasteiger partial charge in [-0.1, -0.05) is 41.9 Å². The van der Waals surface area contributed by atoms with Crippen molar-refractivity contribution in [1.82, 2.24) is 4.98 Å². The highest BCUT2D eigenvalue weighted by Gasteiger charge is 2.16. The van der Waals surface area contributed by atoms with Crippen molar-refractivity contribution in [3.8, 4) is 16.9 Å². The number of hydrogen-bond acceptors (Lipinski definition) is 3. The molecule has 0 radical (unpaired) electrons. The van der Waals surface area contributed by atoms with E-state index in [-0.39, 0.29) is 17.9 Å². The summed E-state index contributed by atoms with van der Waals surface area (Å²) in [6.07, 6.45) is 0. The Bertz CT molecular complexity index is 932. The van der Waals surface area contributed by atoms with Gasteiger partial charge < -0.3 is 9.72 Å². The molecule has 0 aliphatic rings. The number of hydrogen-bond donors (Lipinski definition) is 1. The second-order valence-corrected chi connectivity index (χ2v) is 5.64. The average Bonchev–Trinajstić information content (AvgIpc) is 2.52. The molecule has 0 amide bonds. The first kappa shape index (κ1) is 15.3. The van der Waals surface area contributed by atoms with Crippen LogP contribution in [-0.4, -0.2) is 17.4 Å². The first-order valence-electron chi connectivity index (χ1n) is 7.09. The van der Waals surface area contributed by atoms with Crippen molar-refractivity contribution in [2.24, 2.45) is 0 Å². The van der Waals surface area contributed by atoms with Gasteiger partial charge in [0.15, 0.2) is 5.78 Å². The van der Waals surface area contributed by atoms with Crippen LogP contribution in [0.1, 0.15) is 6.92 Å². The summed E-state index contributed by atoms with van der Waals surface area (Å²) in [6, 6.07) is 14.4. The number of carbonyl (C=O) groups is 1. The summed E-state index contributed by atoms with van der Waals surface area (Å²) < 4.78 is 5.67. The van der Waals surface area contributed by atoms with Crippen LogP contribution in [0.2, 0.25) is 5.02 Å². The smallest absolute Gasteiger partial charge is 0.260 e. The number of rotatable bonds is 4. The van der Waals surface area contributed by atoms with E-state index in [4.69, 9.17) is 16.3 Å². The Morgan fingerprint density at radius 2 is 1.91 bits per heavy atom. The number of ketones is 1. The van der Waals surface area contributed by atoms with Gasteiger partial charge in [-0.15, -0.1) is 0 Å². The highest BCUT2D eigenvalue weighted by atomic mass is 35.5. The summed E-state index contributed by atoms with van der Waals surface area (Å²) >= 11 is 5.99. The first-order chi connectivity index (χ1) is 11.1. The van der Waals surface area contributed by atoms with Gasteiger partial charge >= 0.3 is 0 Å². The van der Waals surface area contributed by atoms with Gasteiger partial charge in [0.2, 0.25) is 0 Å². The monoisotopic (exact) mass is 327 g/mol. The predicted molar refractivity (Wildman–Crippen MR) is 91.2 cm³/mol. The zero-order valence-electron chi connectivity index (χ0n) is 12.4. The number of H-pyrrole nitrogens is 1. The number of aromatic nitrogens is 1. The topological polar surface area (TPSA) is 59.2 Å². The third-order valence-electron chi connectivity index (χ3n) is 3.41. The number of fused-ring (bicyclic) bond motifs is 1. The van der Waals surface area contributed by atoms with Crippen LogP contribution in [0.15, 0.2) is 53.3 Å². The van der Waals surface area contributed by atoms with Crippen LogP contribution in [0.4, 0.5) is 0 Å². The molecule has 0 unspecified atom stereocenters. The molecule has 4 nitrogen and oxygen atoms in total. The zero-order valence-corrected chi connectivity index (χ0v) is 13.2. The molecule has 0 bridgehead atoms. The average molecular weight is 328 g/mol. The molecule has 0 saturated carbocycles. The maximum absolute atomic E-state index is 12.5. The van der Waals surface area contributed by atoms with Crippen LogP contribution in [-0.2, 0) is 4.79 Å². The van der Waals surface area contributed by atoms with Gasteiger partial charge in [-0.25, -0.2) is 0 Å². The van der Waals surface area contributed by atoms with Gasteiger partial charge in [0.25, 0.3) is 5.56 Å². The third-order valence-corrected chi connectivity index (χ3v) is 3.65. The number of aromatic amines is 1. The van der Waals surface area contributed by atoms with Crippen molar-refractivity contribution >= 4 is 28.3 Å². The predicted octanol–water partition coefficient (Wildman–Crippen LogP) is 3.82. The number of halogens is 1. The second kappa shape index (κ2) is 6.26. The number of benzene rings is 2. The molecule has 1 heterocycles. The Balaban J connectivity index is 2.31. The summed E-state index contributed by atoms with van der Waals surface area (Å²) in [5, 5.41) is 1.22. The molecule has 2 aromatic carbocycles. The van der Waals surface area contributed by atoms with Crippen LogP contribution in [0.5, 0.6) is 5.75 Å². The Kier molecular flexibility index (Phi) is 4.17. The van der Waals surface area contributed by atoms with E-state index >= 15 is 0 Å². The maximum Gasteiger partial charge on any atom is 0.260 e. The molecule has 0 aliphatic carbocycles. The van der Waals surface area contributed by atoms with Gasteiger partial charge in [-0.3, -0.25) is 9.59 Å². The SMILES string of the molecule is CC(=O)COc1c(-c2ccccc2)c(=O)[nH]c2cc(Cl)ccc12. The summed E-state index contributed by atoms with van der Waals surface area (Å²) in [6.45, 7) is 1.34. The van der Waals surface area contributed by atoms with E-state index in [1.807, 2.05) is 30.3 Å². The highest BCUT2D eigenvalue weighted by molar-refractivity contribution is 6.31. The van der Waals surface area contributed by atoms with Crippen molar-refractivity contribution in [3.05, 3.63) is 63.9 Å². The van der Waals surface area contributed by atoms with Gasteiger partial charge in [-0.2, -0.15) is 0 Å². The first-order valence-corrected chi connectivity index (χ1v) is 7.47. The van der Waals surface area contributed by atoms with Crippen molar-refractivity contribution in [3.63, 3.8) is 0 Å². The second-order valence-electron chi connectivity index (χ2n) is 5.20. The van der Waals surface area contributed by atoms with Crippen LogP contribution < -0.4 is 10.3 Å². The Morgan fingerprint density at radius 1 is 1.17 bits per heavy atom. The molecule has 1 aromatic heterocycles. The Labute approximate surface area is 137 Å².